The lowest BCUT2D eigenvalue weighted by atomic mass is 9.50. The minimum Gasteiger partial charge on any atom is -0.286 e. The van der Waals surface area contributed by atoms with Crippen LogP contribution in [0.2, 0.25) is 0 Å². The van der Waals surface area contributed by atoms with Gasteiger partial charge in [-0.25, -0.2) is 13.1 Å². The minimum atomic E-state index is -4.24. The molecule has 21 heavy (non-hydrogen) atoms. The Balaban J connectivity index is 1.60. The van der Waals surface area contributed by atoms with E-state index in [0.717, 1.165) is 37.0 Å². The molecular formula is C13H23NO5S2. The fraction of sp³-hybridized carbons (Fsp3) is 1.00. The molecule has 0 radical (unpaired) electrons. The summed E-state index contributed by atoms with van der Waals surface area (Å²) >= 11 is 0. The molecule has 0 aliphatic heterocycles. The molecule has 6 nitrogen and oxygen atoms in total. The summed E-state index contributed by atoms with van der Waals surface area (Å²) in [5.41, 5.74) is 0.0832. The summed E-state index contributed by atoms with van der Waals surface area (Å²) in [5.74, 6) is 0.928. The van der Waals surface area contributed by atoms with E-state index in [2.05, 4.69) is 4.72 Å². The van der Waals surface area contributed by atoms with Gasteiger partial charge in [0.1, 0.15) is 0 Å². The second kappa shape index (κ2) is 5.18. The molecule has 0 atom stereocenters. The molecule has 122 valence electrons. The first-order chi connectivity index (χ1) is 9.65. The highest BCUT2D eigenvalue weighted by Gasteiger charge is 2.50. The van der Waals surface area contributed by atoms with Crippen LogP contribution in [-0.4, -0.2) is 39.4 Å². The van der Waals surface area contributed by atoms with Crippen LogP contribution < -0.4 is 4.72 Å². The van der Waals surface area contributed by atoms with E-state index in [0.29, 0.717) is 6.54 Å². The van der Waals surface area contributed by atoms with Gasteiger partial charge in [0.05, 0.1) is 11.5 Å². The number of nitrogens with one attached hydrogen (secondary N) is 1. The van der Waals surface area contributed by atoms with Crippen LogP contribution in [0.15, 0.2) is 0 Å². The Morgan fingerprint density at radius 1 is 0.905 bits per heavy atom. The Morgan fingerprint density at radius 3 is 1.81 bits per heavy atom. The van der Waals surface area contributed by atoms with Crippen molar-refractivity contribution in [3.05, 3.63) is 0 Å². The maximum Gasteiger partial charge on any atom is 0.265 e. The van der Waals surface area contributed by atoms with Crippen LogP contribution in [0, 0.1) is 23.2 Å². The van der Waals surface area contributed by atoms with Crippen LogP contribution >= 0.6 is 0 Å². The molecule has 4 bridgehead atoms. The third-order valence-corrected chi connectivity index (χ3v) is 7.75. The van der Waals surface area contributed by atoms with Crippen LogP contribution in [0.5, 0.6) is 0 Å². The lowest BCUT2D eigenvalue weighted by molar-refractivity contribution is -0.0487. The molecule has 0 aromatic heterocycles. The first-order valence-electron chi connectivity index (χ1n) is 7.57. The molecular weight excluding hydrogens is 314 g/mol. The standard InChI is InChI=1S/C13H23NO5S2/c15-20(16,1-2-21(17,18)19)14-9-13-6-10-3-11(7-13)5-12(4-10)8-13/h10-12,14H,1-9H2,(H,17,18,19). The van der Waals surface area contributed by atoms with Gasteiger partial charge in [0.25, 0.3) is 10.1 Å². The van der Waals surface area contributed by atoms with Gasteiger partial charge < -0.3 is 0 Å². The fourth-order valence-corrected chi connectivity index (χ4v) is 7.45. The van der Waals surface area contributed by atoms with Crippen molar-refractivity contribution in [2.45, 2.75) is 38.5 Å². The summed E-state index contributed by atoms with van der Waals surface area (Å²) in [5, 5.41) is 0. The fourth-order valence-electron chi connectivity index (χ4n) is 5.06. The van der Waals surface area contributed by atoms with Crippen LogP contribution in [-0.2, 0) is 20.1 Å². The Morgan fingerprint density at radius 2 is 1.38 bits per heavy atom. The third-order valence-electron chi connectivity index (χ3n) is 5.44. The number of rotatable bonds is 6. The van der Waals surface area contributed by atoms with E-state index >= 15 is 0 Å². The maximum absolute atomic E-state index is 11.9. The van der Waals surface area contributed by atoms with Crippen molar-refractivity contribution < 1.29 is 21.4 Å². The first kappa shape index (κ1) is 15.7. The highest BCUT2D eigenvalue weighted by molar-refractivity contribution is 7.91. The molecule has 0 spiro atoms. The Kier molecular flexibility index (Phi) is 3.87. The quantitative estimate of drug-likeness (QED) is 0.705. The molecule has 4 aliphatic rings. The predicted octanol–water partition coefficient (Wildman–Crippen LogP) is 1.01. The van der Waals surface area contributed by atoms with Crippen LogP contribution in [0.3, 0.4) is 0 Å². The average molecular weight is 337 g/mol. The van der Waals surface area contributed by atoms with E-state index in [1.807, 2.05) is 0 Å². The van der Waals surface area contributed by atoms with Gasteiger partial charge in [-0.3, -0.25) is 4.55 Å². The van der Waals surface area contributed by atoms with Gasteiger partial charge in [0, 0.05) is 6.54 Å². The van der Waals surface area contributed by atoms with Gasteiger partial charge in [-0.15, -0.1) is 0 Å². The highest BCUT2D eigenvalue weighted by atomic mass is 32.2. The summed E-state index contributed by atoms with van der Waals surface area (Å²) < 4.78 is 56.3. The Labute approximate surface area is 126 Å². The summed E-state index contributed by atoms with van der Waals surface area (Å²) in [4.78, 5) is 0. The normalized spacial score (nSPS) is 38.8. The van der Waals surface area contributed by atoms with Gasteiger partial charge in [0.15, 0.2) is 0 Å². The zero-order valence-corrected chi connectivity index (χ0v) is 13.6. The first-order valence-corrected chi connectivity index (χ1v) is 10.8. The van der Waals surface area contributed by atoms with Crippen molar-refractivity contribution in [2.75, 3.05) is 18.1 Å². The maximum atomic E-state index is 11.9. The second-order valence-electron chi connectivity index (χ2n) is 7.34. The molecule has 0 heterocycles. The summed E-state index contributed by atoms with van der Waals surface area (Å²) in [7, 11) is -7.89. The third kappa shape index (κ3) is 3.78. The summed E-state index contributed by atoms with van der Waals surface area (Å²) in [6.45, 7) is 0.421. The number of hydrogen-bond donors (Lipinski definition) is 2. The summed E-state index contributed by atoms with van der Waals surface area (Å²) in [6, 6.07) is 0. The summed E-state index contributed by atoms with van der Waals surface area (Å²) in [6.07, 6.45) is 7.19. The van der Waals surface area contributed by atoms with E-state index in [1.165, 1.54) is 19.3 Å². The second-order valence-corrected chi connectivity index (χ2v) is 10.8. The predicted molar refractivity (Wildman–Crippen MR) is 78.8 cm³/mol. The van der Waals surface area contributed by atoms with Crippen molar-refractivity contribution in [1.29, 1.82) is 0 Å². The van der Waals surface area contributed by atoms with Crippen LogP contribution in [0.4, 0.5) is 0 Å². The molecule has 4 fully saturated rings. The van der Waals surface area contributed by atoms with E-state index in [9.17, 15) is 16.8 Å². The van der Waals surface area contributed by atoms with Gasteiger partial charge in [-0.05, 0) is 61.7 Å². The molecule has 4 aliphatic carbocycles. The van der Waals surface area contributed by atoms with Crippen molar-refractivity contribution in [3.63, 3.8) is 0 Å². The van der Waals surface area contributed by atoms with E-state index in [-0.39, 0.29) is 5.41 Å². The molecule has 0 aromatic rings. The largest absolute Gasteiger partial charge is 0.286 e. The van der Waals surface area contributed by atoms with E-state index in [1.54, 1.807) is 0 Å². The smallest absolute Gasteiger partial charge is 0.265 e. The Bertz CT molecular complexity index is 575. The zero-order chi connectivity index (χ0) is 15.3. The van der Waals surface area contributed by atoms with E-state index < -0.39 is 31.6 Å². The SMILES string of the molecule is O=S(=O)(O)CCS(=O)(=O)NCC12CC3CC(CC(C3)C1)C2. The molecule has 0 saturated heterocycles. The van der Waals surface area contributed by atoms with Crippen LogP contribution in [0.1, 0.15) is 38.5 Å². The molecule has 0 aromatic carbocycles. The number of sulfonamides is 1. The lowest BCUT2D eigenvalue weighted by Crippen LogP contribution is -2.51. The number of hydrogen-bond acceptors (Lipinski definition) is 4. The van der Waals surface area contributed by atoms with Gasteiger partial charge in [-0.2, -0.15) is 8.42 Å². The molecule has 2 N–H and O–H groups in total. The molecule has 0 unspecified atom stereocenters. The van der Waals surface area contributed by atoms with Crippen LogP contribution in [0.25, 0.3) is 0 Å². The highest BCUT2D eigenvalue weighted by Crippen LogP contribution is 2.59. The monoisotopic (exact) mass is 337 g/mol. The Hall–Kier alpha value is -0.180. The van der Waals surface area contributed by atoms with E-state index in [4.69, 9.17) is 4.55 Å². The van der Waals surface area contributed by atoms with Crippen molar-refractivity contribution in [3.8, 4) is 0 Å². The molecule has 4 rings (SSSR count). The van der Waals surface area contributed by atoms with Gasteiger partial charge in [0.2, 0.25) is 10.0 Å². The zero-order valence-electron chi connectivity index (χ0n) is 12.0. The van der Waals surface area contributed by atoms with Gasteiger partial charge in [-0.1, -0.05) is 0 Å². The molecule has 4 saturated carbocycles. The molecule has 8 heteroatoms. The van der Waals surface area contributed by atoms with Crippen molar-refractivity contribution in [1.82, 2.24) is 4.72 Å². The van der Waals surface area contributed by atoms with Crippen molar-refractivity contribution in [2.24, 2.45) is 23.2 Å². The average Bonchev–Trinajstić information content (AvgIpc) is 2.32. The van der Waals surface area contributed by atoms with Crippen molar-refractivity contribution >= 4 is 20.1 Å². The molecule has 0 amide bonds. The topological polar surface area (TPSA) is 101 Å². The minimum absolute atomic E-state index is 0.0832. The lowest BCUT2D eigenvalue weighted by Gasteiger charge is -2.56. The van der Waals surface area contributed by atoms with Gasteiger partial charge >= 0.3 is 0 Å².